The van der Waals surface area contributed by atoms with E-state index in [1.54, 1.807) is 6.20 Å². The Morgan fingerprint density at radius 3 is 3.13 bits per heavy atom. The summed E-state index contributed by atoms with van der Waals surface area (Å²) in [6, 6.07) is 9.91. The first-order valence-electron chi connectivity index (χ1n) is 7.49. The van der Waals surface area contributed by atoms with E-state index < -0.39 is 11.4 Å². The Hall–Kier alpha value is -2.24. The summed E-state index contributed by atoms with van der Waals surface area (Å²) in [4.78, 5) is 15.8. The van der Waals surface area contributed by atoms with Crippen LogP contribution in [0.25, 0.3) is 17.0 Å². The first-order valence-corrected chi connectivity index (χ1v) is 7.49. The minimum Gasteiger partial charge on any atom is -0.481 e. The Kier molecular flexibility index (Phi) is 4.41. The number of aliphatic carboxylic acids is 1. The zero-order chi connectivity index (χ0) is 16.3. The second-order valence-corrected chi connectivity index (χ2v) is 5.84. The highest BCUT2D eigenvalue weighted by atomic mass is 16.7. The number of nitrogens with zero attached hydrogens (tertiary/aromatic N) is 1. The van der Waals surface area contributed by atoms with Crippen LogP contribution in [0, 0.1) is 11.3 Å². The Labute approximate surface area is 134 Å². The zero-order valence-corrected chi connectivity index (χ0v) is 12.9. The maximum absolute atomic E-state index is 11.5. The van der Waals surface area contributed by atoms with Gasteiger partial charge in [0.25, 0.3) is 0 Å². The monoisotopic (exact) mass is 313 g/mol. The summed E-state index contributed by atoms with van der Waals surface area (Å²) < 4.78 is 10.1. The van der Waals surface area contributed by atoms with Crippen molar-refractivity contribution in [2.45, 2.75) is 6.42 Å². The van der Waals surface area contributed by atoms with Crippen LogP contribution in [0.15, 0.2) is 42.6 Å². The number of allylic oxidation sites excluding steroid dienone is 1. The largest absolute Gasteiger partial charge is 0.481 e. The summed E-state index contributed by atoms with van der Waals surface area (Å²) in [6.45, 7) is 0.288. The summed E-state index contributed by atoms with van der Waals surface area (Å²) >= 11 is 0. The number of rotatable bonds is 7. The molecule has 0 amide bonds. The van der Waals surface area contributed by atoms with E-state index in [0.717, 1.165) is 16.5 Å². The summed E-state index contributed by atoms with van der Waals surface area (Å²) in [5.74, 6) is -0.826. The van der Waals surface area contributed by atoms with Gasteiger partial charge in [0, 0.05) is 18.7 Å². The Balaban J connectivity index is 1.70. The van der Waals surface area contributed by atoms with Gasteiger partial charge in [0.2, 0.25) is 0 Å². The minimum atomic E-state index is -0.814. The second kappa shape index (κ2) is 6.48. The van der Waals surface area contributed by atoms with Gasteiger partial charge in [-0.2, -0.15) is 0 Å². The Morgan fingerprint density at radius 2 is 2.35 bits per heavy atom. The van der Waals surface area contributed by atoms with Gasteiger partial charge in [-0.15, -0.1) is 0 Å². The van der Waals surface area contributed by atoms with Gasteiger partial charge in [-0.3, -0.25) is 9.78 Å². The van der Waals surface area contributed by atoms with Crippen molar-refractivity contribution in [1.82, 2.24) is 4.98 Å². The topological polar surface area (TPSA) is 68.7 Å². The third kappa shape index (κ3) is 3.25. The molecule has 0 radical (unpaired) electrons. The fourth-order valence-electron chi connectivity index (χ4n) is 2.79. The summed E-state index contributed by atoms with van der Waals surface area (Å²) in [5, 5.41) is 10.5. The molecule has 2 unspecified atom stereocenters. The van der Waals surface area contributed by atoms with Crippen LogP contribution in [0.3, 0.4) is 0 Å². The maximum atomic E-state index is 11.5. The van der Waals surface area contributed by atoms with Gasteiger partial charge in [-0.25, -0.2) is 0 Å². The number of benzene rings is 1. The van der Waals surface area contributed by atoms with E-state index in [2.05, 4.69) is 4.98 Å². The van der Waals surface area contributed by atoms with Crippen molar-refractivity contribution in [2.75, 3.05) is 20.5 Å². The van der Waals surface area contributed by atoms with Crippen LogP contribution in [-0.4, -0.2) is 36.6 Å². The molecule has 2 atom stereocenters. The van der Waals surface area contributed by atoms with Crippen LogP contribution in [-0.2, 0) is 14.3 Å². The predicted molar refractivity (Wildman–Crippen MR) is 86.8 cm³/mol. The van der Waals surface area contributed by atoms with E-state index in [1.807, 2.05) is 42.5 Å². The van der Waals surface area contributed by atoms with Crippen molar-refractivity contribution in [3.05, 3.63) is 48.2 Å². The minimum absolute atomic E-state index is 0.0125. The van der Waals surface area contributed by atoms with Gasteiger partial charge in [-0.05, 0) is 36.1 Å². The lowest BCUT2D eigenvalue weighted by Gasteiger charge is -2.11. The molecule has 0 aliphatic heterocycles. The van der Waals surface area contributed by atoms with Gasteiger partial charge in [0.1, 0.15) is 6.79 Å². The van der Waals surface area contributed by atoms with E-state index in [-0.39, 0.29) is 19.3 Å². The average molecular weight is 313 g/mol. The van der Waals surface area contributed by atoms with Crippen LogP contribution in [0.2, 0.25) is 0 Å². The predicted octanol–water partition coefficient (Wildman–Crippen LogP) is 2.96. The Morgan fingerprint density at radius 1 is 1.48 bits per heavy atom. The van der Waals surface area contributed by atoms with Gasteiger partial charge in [0.05, 0.1) is 17.5 Å². The standard InChI is InChI=1S/C18H19NO4/c1-22-12-23-11-18(17(20)21)10-15(18)6-4-13-5-7-16-14(9-13)3-2-8-19-16/h2-9,15H,10-12H2,1H3,(H,20,21). The molecule has 1 N–H and O–H groups in total. The number of fused-ring (bicyclic) bond motifs is 1. The van der Waals surface area contributed by atoms with Gasteiger partial charge in [-0.1, -0.05) is 24.3 Å². The van der Waals surface area contributed by atoms with Crippen molar-refractivity contribution in [1.29, 1.82) is 0 Å². The molecule has 23 heavy (non-hydrogen) atoms. The van der Waals surface area contributed by atoms with E-state index >= 15 is 0 Å². The summed E-state index contributed by atoms with van der Waals surface area (Å²) in [7, 11) is 1.52. The molecule has 1 aromatic heterocycles. The molecule has 3 rings (SSSR count). The molecule has 1 aromatic carbocycles. The summed E-state index contributed by atoms with van der Waals surface area (Å²) in [5.41, 5.74) is 1.17. The lowest BCUT2D eigenvalue weighted by atomic mass is 10.0. The van der Waals surface area contributed by atoms with Crippen LogP contribution in [0.5, 0.6) is 0 Å². The van der Waals surface area contributed by atoms with Crippen LogP contribution >= 0.6 is 0 Å². The molecule has 0 spiro atoms. The van der Waals surface area contributed by atoms with Crippen molar-refractivity contribution >= 4 is 22.9 Å². The normalized spacial score (nSPS) is 23.4. The van der Waals surface area contributed by atoms with Crippen LogP contribution < -0.4 is 0 Å². The molecule has 1 aliphatic rings. The smallest absolute Gasteiger partial charge is 0.312 e. The molecule has 0 saturated heterocycles. The number of hydrogen-bond acceptors (Lipinski definition) is 4. The summed E-state index contributed by atoms with van der Waals surface area (Å²) in [6.07, 6.45) is 6.29. The molecule has 1 saturated carbocycles. The van der Waals surface area contributed by atoms with Crippen molar-refractivity contribution in [3.8, 4) is 0 Å². The van der Waals surface area contributed by atoms with E-state index in [0.29, 0.717) is 6.42 Å². The zero-order valence-electron chi connectivity index (χ0n) is 12.9. The number of carboxylic acid groups (broad SMARTS) is 1. The highest BCUT2D eigenvalue weighted by Gasteiger charge is 2.59. The number of carboxylic acids is 1. The SMILES string of the molecule is COCOCC1(C(=O)O)CC1C=Cc1ccc2ncccc2c1. The van der Waals surface area contributed by atoms with Crippen molar-refractivity contribution in [3.63, 3.8) is 0 Å². The molecule has 2 aromatic rings. The number of pyridine rings is 1. The van der Waals surface area contributed by atoms with Gasteiger partial charge >= 0.3 is 5.97 Å². The van der Waals surface area contributed by atoms with E-state index in [1.165, 1.54) is 7.11 Å². The molecule has 5 heteroatoms. The quantitative estimate of drug-likeness (QED) is 0.628. The van der Waals surface area contributed by atoms with Crippen LogP contribution in [0.1, 0.15) is 12.0 Å². The molecule has 1 fully saturated rings. The fourth-order valence-corrected chi connectivity index (χ4v) is 2.79. The molecule has 1 heterocycles. The number of ether oxygens (including phenoxy) is 2. The first-order chi connectivity index (χ1) is 11.2. The third-order valence-electron chi connectivity index (χ3n) is 4.27. The lowest BCUT2D eigenvalue weighted by Crippen LogP contribution is -2.24. The molecule has 0 bridgehead atoms. The first kappa shape index (κ1) is 15.6. The number of methoxy groups -OCH3 is 1. The van der Waals surface area contributed by atoms with Gasteiger partial charge in [0.15, 0.2) is 0 Å². The van der Waals surface area contributed by atoms with E-state index in [9.17, 15) is 9.90 Å². The van der Waals surface area contributed by atoms with Crippen molar-refractivity contribution < 1.29 is 19.4 Å². The number of aromatic nitrogens is 1. The van der Waals surface area contributed by atoms with E-state index in [4.69, 9.17) is 9.47 Å². The highest BCUT2D eigenvalue weighted by molar-refractivity contribution is 5.82. The average Bonchev–Trinajstić information content (AvgIpc) is 3.28. The number of hydrogen-bond donors (Lipinski definition) is 1. The molecular weight excluding hydrogens is 294 g/mol. The highest BCUT2D eigenvalue weighted by Crippen LogP contribution is 2.54. The fraction of sp³-hybridized carbons (Fsp3) is 0.333. The Bertz CT molecular complexity index is 743. The van der Waals surface area contributed by atoms with Crippen LogP contribution in [0.4, 0.5) is 0 Å². The van der Waals surface area contributed by atoms with Crippen molar-refractivity contribution in [2.24, 2.45) is 11.3 Å². The van der Waals surface area contributed by atoms with Gasteiger partial charge < -0.3 is 14.6 Å². The molecule has 5 nitrogen and oxygen atoms in total. The molecule has 1 aliphatic carbocycles. The molecular formula is C18H19NO4. The maximum Gasteiger partial charge on any atom is 0.312 e. The second-order valence-electron chi connectivity index (χ2n) is 5.84. The number of carbonyl (C=O) groups is 1. The third-order valence-corrected chi connectivity index (χ3v) is 4.27. The molecule has 120 valence electrons. The lowest BCUT2D eigenvalue weighted by molar-refractivity contribution is -0.148.